The van der Waals surface area contributed by atoms with E-state index >= 15 is 0 Å². The van der Waals surface area contributed by atoms with E-state index in [9.17, 15) is 0 Å². The summed E-state index contributed by atoms with van der Waals surface area (Å²) < 4.78 is 5.72. The third kappa shape index (κ3) is 3.71. The Bertz CT molecular complexity index is 417. The lowest BCUT2D eigenvalue weighted by Gasteiger charge is -2.33. The first-order chi connectivity index (χ1) is 9.02. The molecule has 0 saturated heterocycles. The summed E-state index contributed by atoms with van der Waals surface area (Å²) in [5.74, 6) is 1.63. The highest BCUT2D eigenvalue weighted by Crippen LogP contribution is 2.33. The third-order valence-corrected chi connectivity index (χ3v) is 3.87. The van der Waals surface area contributed by atoms with Gasteiger partial charge in [0.1, 0.15) is 5.75 Å². The fraction of sp³-hybridized carbons (Fsp3) is 0.625. The normalized spacial score (nSPS) is 19.1. The quantitative estimate of drug-likeness (QED) is 0.886. The minimum absolute atomic E-state index is 0.180. The maximum Gasteiger partial charge on any atom is 0.122 e. The van der Waals surface area contributed by atoms with Crippen LogP contribution in [0, 0.1) is 5.41 Å². The zero-order valence-corrected chi connectivity index (χ0v) is 12.4. The lowest BCUT2D eigenvalue weighted by molar-refractivity contribution is 0.185. The molecule has 0 fully saturated rings. The van der Waals surface area contributed by atoms with Gasteiger partial charge < -0.3 is 15.4 Å². The molecular weight excluding hydrogens is 236 g/mol. The van der Waals surface area contributed by atoms with E-state index in [0.29, 0.717) is 5.92 Å². The second kappa shape index (κ2) is 5.93. The maximum absolute atomic E-state index is 5.82. The van der Waals surface area contributed by atoms with Crippen LogP contribution in [0.15, 0.2) is 24.3 Å². The molecule has 1 aromatic carbocycles. The molecule has 1 aliphatic rings. The summed E-state index contributed by atoms with van der Waals surface area (Å²) in [4.78, 5) is 2.40. The first kappa shape index (κ1) is 14.4. The predicted octanol–water partition coefficient (Wildman–Crippen LogP) is 2.47. The molecule has 0 spiro atoms. The molecule has 0 amide bonds. The van der Waals surface area contributed by atoms with Crippen LogP contribution in [-0.2, 0) is 0 Å². The largest absolute Gasteiger partial charge is 0.493 e. The average molecular weight is 262 g/mol. The monoisotopic (exact) mass is 262 g/mol. The zero-order valence-electron chi connectivity index (χ0n) is 12.4. The minimum atomic E-state index is 0.180. The summed E-state index contributed by atoms with van der Waals surface area (Å²) in [6.07, 6.45) is 1.10. The highest BCUT2D eigenvalue weighted by atomic mass is 16.5. The summed E-state index contributed by atoms with van der Waals surface area (Å²) in [6.45, 7) is 8.10. The van der Waals surface area contributed by atoms with E-state index < -0.39 is 0 Å². The number of nitrogens with zero attached hydrogens (tertiary/aromatic N) is 1. The molecule has 1 aromatic rings. The van der Waals surface area contributed by atoms with Gasteiger partial charge in [0.15, 0.2) is 0 Å². The Morgan fingerprint density at radius 2 is 2.11 bits per heavy atom. The van der Waals surface area contributed by atoms with Gasteiger partial charge in [0.2, 0.25) is 0 Å². The van der Waals surface area contributed by atoms with Crippen molar-refractivity contribution in [3.05, 3.63) is 29.8 Å². The van der Waals surface area contributed by atoms with Crippen LogP contribution in [0.5, 0.6) is 5.75 Å². The first-order valence-electron chi connectivity index (χ1n) is 7.12. The summed E-state index contributed by atoms with van der Waals surface area (Å²) in [5.41, 5.74) is 7.35. The van der Waals surface area contributed by atoms with Crippen LogP contribution in [0.1, 0.15) is 31.7 Å². The summed E-state index contributed by atoms with van der Waals surface area (Å²) in [7, 11) is 2.19. The van der Waals surface area contributed by atoms with Gasteiger partial charge in [0.05, 0.1) is 6.61 Å². The number of likely N-dealkylation sites (N-methyl/N-ethyl adjacent to an activating group) is 1. The van der Waals surface area contributed by atoms with Crippen LogP contribution in [0.4, 0.5) is 0 Å². The summed E-state index contributed by atoms with van der Waals surface area (Å²) in [6, 6.07) is 8.42. The number of hydrogen-bond donors (Lipinski definition) is 1. The highest BCUT2D eigenvalue weighted by Gasteiger charge is 2.24. The molecule has 3 nitrogen and oxygen atoms in total. The zero-order chi connectivity index (χ0) is 13.9. The summed E-state index contributed by atoms with van der Waals surface area (Å²) >= 11 is 0. The molecule has 106 valence electrons. The Morgan fingerprint density at radius 1 is 1.37 bits per heavy atom. The molecule has 0 bridgehead atoms. The standard InChI is InChI=1S/C16H26N2O/c1-16(2,11-17)12-18(3)10-13-8-9-19-15-7-5-4-6-14(13)15/h4-7,13H,8-12,17H2,1-3H3. The van der Waals surface area contributed by atoms with Gasteiger partial charge in [-0.05, 0) is 37.1 Å². The van der Waals surface area contributed by atoms with Crippen molar-refractivity contribution in [3.63, 3.8) is 0 Å². The number of fused-ring (bicyclic) bond motifs is 1. The van der Waals surface area contributed by atoms with Crippen molar-refractivity contribution in [1.29, 1.82) is 0 Å². The number of ether oxygens (including phenoxy) is 1. The Hall–Kier alpha value is -1.06. The van der Waals surface area contributed by atoms with Crippen molar-refractivity contribution in [3.8, 4) is 5.75 Å². The maximum atomic E-state index is 5.82. The fourth-order valence-electron chi connectivity index (χ4n) is 2.84. The van der Waals surface area contributed by atoms with Gasteiger partial charge in [-0.25, -0.2) is 0 Å². The third-order valence-electron chi connectivity index (χ3n) is 3.87. The first-order valence-corrected chi connectivity index (χ1v) is 7.12. The Morgan fingerprint density at radius 3 is 2.84 bits per heavy atom. The molecule has 1 heterocycles. The van der Waals surface area contributed by atoms with E-state index in [1.807, 2.05) is 6.07 Å². The van der Waals surface area contributed by atoms with Gasteiger partial charge in [-0.15, -0.1) is 0 Å². The molecule has 0 aromatic heterocycles. The van der Waals surface area contributed by atoms with Crippen molar-refractivity contribution < 1.29 is 4.74 Å². The van der Waals surface area contributed by atoms with E-state index in [4.69, 9.17) is 10.5 Å². The smallest absolute Gasteiger partial charge is 0.122 e. The molecule has 1 atom stereocenters. The van der Waals surface area contributed by atoms with Gasteiger partial charge in [-0.1, -0.05) is 32.0 Å². The fourth-order valence-corrected chi connectivity index (χ4v) is 2.84. The Balaban J connectivity index is 2.01. The molecule has 1 aliphatic heterocycles. The predicted molar refractivity (Wildman–Crippen MR) is 79.6 cm³/mol. The SMILES string of the molecule is CN(CC1CCOc2ccccc21)CC(C)(C)CN. The molecule has 19 heavy (non-hydrogen) atoms. The minimum Gasteiger partial charge on any atom is -0.493 e. The molecule has 0 aliphatic carbocycles. The molecule has 2 N–H and O–H groups in total. The van der Waals surface area contributed by atoms with Crippen molar-refractivity contribution in [2.45, 2.75) is 26.2 Å². The van der Waals surface area contributed by atoms with E-state index in [2.05, 4.69) is 44.0 Å². The summed E-state index contributed by atoms with van der Waals surface area (Å²) in [5, 5.41) is 0. The number of rotatable bonds is 5. The lowest BCUT2D eigenvalue weighted by atomic mass is 9.90. The molecule has 1 unspecified atom stereocenters. The second-order valence-corrected chi connectivity index (χ2v) is 6.44. The molecule has 3 heteroatoms. The lowest BCUT2D eigenvalue weighted by Crippen LogP contribution is -2.39. The van der Waals surface area contributed by atoms with Crippen LogP contribution >= 0.6 is 0 Å². The van der Waals surface area contributed by atoms with E-state index in [0.717, 1.165) is 38.4 Å². The van der Waals surface area contributed by atoms with Gasteiger partial charge in [-0.3, -0.25) is 0 Å². The number of nitrogens with two attached hydrogens (primary N) is 1. The number of hydrogen-bond acceptors (Lipinski definition) is 3. The van der Waals surface area contributed by atoms with Gasteiger partial charge in [0, 0.05) is 19.0 Å². The van der Waals surface area contributed by atoms with Crippen LogP contribution in [0.2, 0.25) is 0 Å². The molecule has 0 radical (unpaired) electrons. The molecular formula is C16H26N2O. The highest BCUT2D eigenvalue weighted by molar-refractivity contribution is 5.37. The van der Waals surface area contributed by atoms with Gasteiger partial charge in [-0.2, -0.15) is 0 Å². The molecule has 0 saturated carbocycles. The van der Waals surface area contributed by atoms with Crippen LogP contribution < -0.4 is 10.5 Å². The van der Waals surface area contributed by atoms with Crippen molar-refractivity contribution >= 4 is 0 Å². The van der Waals surface area contributed by atoms with Crippen molar-refractivity contribution in [2.75, 3.05) is 33.3 Å². The Kier molecular flexibility index (Phi) is 4.48. The van der Waals surface area contributed by atoms with Crippen LogP contribution in [0.25, 0.3) is 0 Å². The van der Waals surface area contributed by atoms with E-state index in [1.165, 1.54) is 5.56 Å². The van der Waals surface area contributed by atoms with Gasteiger partial charge in [0.25, 0.3) is 0 Å². The van der Waals surface area contributed by atoms with Crippen molar-refractivity contribution in [1.82, 2.24) is 4.90 Å². The van der Waals surface area contributed by atoms with Crippen molar-refractivity contribution in [2.24, 2.45) is 11.1 Å². The number of benzene rings is 1. The van der Waals surface area contributed by atoms with Crippen LogP contribution in [-0.4, -0.2) is 38.2 Å². The van der Waals surface area contributed by atoms with Crippen LogP contribution in [0.3, 0.4) is 0 Å². The number of para-hydroxylation sites is 1. The Labute approximate surface area is 116 Å². The molecule has 2 rings (SSSR count). The van der Waals surface area contributed by atoms with Gasteiger partial charge >= 0.3 is 0 Å². The topological polar surface area (TPSA) is 38.5 Å². The van der Waals surface area contributed by atoms with E-state index in [-0.39, 0.29) is 5.41 Å². The second-order valence-electron chi connectivity index (χ2n) is 6.44. The average Bonchev–Trinajstić information content (AvgIpc) is 2.38. The van der Waals surface area contributed by atoms with E-state index in [1.54, 1.807) is 0 Å².